The fraction of sp³-hybridized carbons (Fsp3) is 0.607. The number of amides is 1. The first-order chi connectivity index (χ1) is 17.6. The van der Waals surface area contributed by atoms with Crippen molar-refractivity contribution in [1.82, 2.24) is 9.97 Å². The normalized spacial score (nSPS) is 11.8. The summed E-state index contributed by atoms with van der Waals surface area (Å²) < 4.78 is 10.8. The van der Waals surface area contributed by atoms with Crippen LogP contribution in [-0.2, 0) is 4.79 Å². The topological polar surface area (TPSA) is 73.3 Å². The molecule has 0 aliphatic rings. The van der Waals surface area contributed by atoms with Crippen LogP contribution in [0.1, 0.15) is 84.5 Å². The Hall–Kier alpha value is -1.93. The zero-order chi connectivity index (χ0) is 26.0. The first kappa shape index (κ1) is 30.3. The van der Waals surface area contributed by atoms with Gasteiger partial charge in [-0.3, -0.25) is 4.79 Å². The monoisotopic (exact) mass is 533 g/mol. The van der Waals surface area contributed by atoms with Crippen molar-refractivity contribution in [2.75, 3.05) is 25.3 Å². The number of benzene rings is 1. The van der Waals surface area contributed by atoms with Gasteiger partial charge in [0.05, 0.1) is 19.5 Å². The van der Waals surface area contributed by atoms with Gasteiger partial charge in [0.25, 0.3) is 0 Å². The molecular weight excluding hydrogens is 490 g/mol. The van der Waals surface area contributed by atoms with Crippen molar-refractivity contribution < 1.29 is 14.3 Å². The first-order valence-corrected chi connectivity index (χ1v) is 15.1. The van der Waals surface area contributed by atoms with E-state index in [-0.39, 0.29) is 11.2 Å². The number of unbranched alkanes of at least 4 members (excludes halogenated alkanes) is 8. The van der Waals surface area contributed by atoms with Crippen molar-refractivity contribution in [1.29, 1.82) is 0 Å². The van der Waals surface area contributed by atoms with Crippen molar-refractivity contribution in [3.63, 3.8) is 0 Å². The number of hydrogen-bond donors (Lipinski definition) is 1. The molecule has 1 unspecified atom stereocenters. The minimum atomic E-state index is -0.0958. The van der Waals surface area contributed by atoms with E-state index in [2.05, 4.69) is 29.1 Å². The Labute approximate surface area is 226 Å². The van der Waals surface area contributed by atoms with Crippen molar-refractivity contribution in [2.24, 2.45) is 0 Å². The highest BCUT2D eigenvalue weighted by Crippen LogP contribution is 2.37. The maximum absolute atomic E-state index is 13.5. The van der Waals surface area contributed by atoms with E-state index in [9.17, 15) is 4.79 Å². The van der Waals surface area contributed by atoms with Gasteiger partial charge in [0, 0.05) is 4.90 Å². The Morgan fingerprint density at radius 3 is 2.22 bits per heavy atom. The second kappa shape index (κ2) is 18.3. The van der Waals surface area contributed by atoms with Crippen molar-refractivity contribution >= 4 is 35.1 Å². The fourth-order valence-electron chi connectivity index (χ4n) is 3.81. The average Bonchev–Trinajstić information content (AvgIpc) is 2.90. The second-order valence-electron chi connectivity index (χ2n) is 8.81. The molecule has 0 saturated heterocycles. The Balaban J connectivity index is 2.10. The summed E-state index contributed by atoms with van der Waals surface area (Å²) >= 11 is 3.25. The van der Waals surface area contributed by atoms with Crippen LogP contribution in [0.2, 0.25) is 0 Å². The van der Waals surface area contributed by atoms with Crippen LogP contribution >= 0.6 is 23.5 Å². The van der Waals surface area contributed by atoms with E-state index in [1.807, 2.05) is 24.3 Å². The molecule has 0 saturated carbocycles. The summed E-state index contributed by atoms with van der Waals surface area (Å²) in [5, 5.41) is 3.69. The second-order valence-corrected chi connectivity index (χ2v) is 11.2. The highest BCUT2D eigenvalue weighted by molar-refractivity contribution is 8.00. The molecule has 0 spiro atoms. The zero-order valence-electron chi connectivity index (χ0n) is 22.4. The predicted octanol–water partition coefficient (Wildman–Crippen LogP) is 8.02. The van der Waals surface area contributed by atoms with Crippen LogP contribution in [0.15, 0.2) is 40.5 Å². The molecule has 0 aliphatic heterocycles. The van der Waals surface area contributed by atoms with Crippen molar-refractivity contribution in [3.05, 3.63) is 30.6 Å². The van der Waals surface area contributed by atoms with Crippen LogP contribution in [0, 0.1) is 0 Å². The Morgan fingerprint density at radius 1 is 0.889 bits per heavy atom. The molecule has 2 aromatic rings. The molecule has 2 rings (SSSR count). The van der Waals surface area contributed by atoms with Gasteiger partial charge >= 0.3 is 0 Å². The molecule has 0 aliphatic carbocycles. The molecule has 1 atom stereocenters. The quantitative estimate of drug-likeness (QED) is 0.145. The largest absolute Gasteiger partial charge is 0.497 e. The summed E-state index contributed by atoms with van der Waals surface area (Å²) in [6.45, 7) is 4.46. The molecule has 0 bridgehead atoms. The summed E-state index contributed by atoms with van der Waals surface area (Å²) in [7, 11) is 3.21. The SMILES string of the molecule is CCCCCCCCC(SCCCCCC)C(=O)Nc1c(OC)ncnc1Sc1ccc(OC)cc1. The van der Waals surface area contributed by atoms with E-state index in [0.717, 1.165) is 35.7 Å². The highest BCUT2D eigenvalue weighted by Gasteiger charge is 2.23. The molecule has 0 radical (unpaired) electrons. The van der Waals surface area contributed by atoms with Crippen molar-refractivity contribution in [2.45, 2.75) is 99.6 Å². The number of carbonyl (C=O) groups is 1. The maximum Gasteiger partial charge on any atom is 0.241 e. The van der Waals surface area contributed by atoms with Crippen LogP contribution in [0.25, 0.3) is 0 Å². The molecule has 6 nitrogen and oxygen atoms in total. The van der Waals surface area contributed by atoms with E-state index in [1.165, 1.54) is 69.5 Å². The Kier molecular flexibility index (Phi) is 15.4. The number of thioether (sulfide) groups is 1. The number of anilines is 1. The highest BCUT2D eigenvalue weighted by atomic mass is 32.2. The fourth-order valence-corrected chi connectivity index (χ4v) is 5.84. The summed E-state index contributed by atoms with van der Waals surface area (Å²) in [6.07, 6.45) is 14.5. The third-order valence-electron chi connectivity index (χ3n) is 5.92. The van der Waals surface area contributed by atoms with E-state index in [4.69, 9.17) is 9.47 Å². The van der Waals surface area contributed by atoms with Crippen LogP contribution < -0.4 is 14.8 Å². The standard InChI is InChI=1S/C28H43N3O3S2/c1-5-7-9-11-12-13-15-24(35-20-14-10-8-6-2)26(32)31-25-27(34-4)29-21-30-28(25)36-23-18-16-22(33-3)17-19-23/h16-19,21,24H,5-15,20H2,1-4H3,(H,31,32). The van der Waals surface area contributed by atoms with E-state index in [0.29, 0.717) is 16.6 Å². The molecule has 1 aromatic carbocycles. The Morgan fingerprint density at radius 2 is 1.56 bits per heavy atom. The first-order valence-electron chi connectivity index (χ1n) is 13.3. The molecule has 1 N–H and O–H groups in total. The van der Waals surface area contributed by atoms with Gasteiger partial charge in [-0.05, 0) is 42.9 Å². The van der Waals surface area contributed by atoms with Gasteiger partial charge < -0.3 is 14.8 Å². The average molecular weight is 534 g/mol. The summed E-state index contributed by atoms with van der Waals surface area (Å²) in [5.41, 5.74) is 0.533. The number of carbonyl (C=O) groups excluding carboxylic acids is 1. The van der Waals surface area contributed by atoms with Gasteiger partial charge in [0.1, 0.15) is 22.8 Å². The van der Waals surface area contributed by atoms with Crippen LogP contribution in [-0.4, -0.2) is 41.1 Å². The van der Waals surface area contributed by atoms with Gasteiger partial charge in [0.2, 0.25) is 11.8 Å². The molecule has 0 fully saturated rings. The van der Waals surface area contributed by atoms with E-state index >= 15 is 0 Å². The molecule has 1 amide bonds. The predicted molar refractivity (Wildman–Crippen MR) is 153 cm³/mol. The van der Waals surface area contributed by atoms with E-state index in [1.54, 1.807) is 26.0 Å². The lowest BCUT2D eigenvalue weighted by Gasteiger charge is -2.19. The Bertz CT molecular complexity index is 881. The summed E-state index contributed by atoms with van der Waals surface area (Å²) in [6, 6.07) is 7.75. The van der Waals surface area contributed by atoms with Gasteiger partial charge in [-0.25, -0.2) is 4.98 Å². The summed E-state index contributed by atoms with van der Waals surface area (Å²) in [4.78, 5) is 23.2. The zero-order valence-corrected chi connectivity index (χ0v) is 24.0. The van der Waals surface area contributed by atoms with Crippen LogP contribution in [0.5, 0.6) is 11.6 Å². The number of nitrogens with one attached hydrogen (secondary N) is 1. The van der Waals surface area contributed by atoms with Crippen molar-refractivity contribution in [3.8, 4) is 11.6 Å². The number of nitrogens with zero attached hydrogens (tertiary/aromatic N) is 2. The third kappa shape index (κ3) is 11.0. The van der Waals surface area contributed by atoms with Gasteiger partial charge in [-0.15, -0.1) is 11.8 Å². The molecule has 36 heavy (non-hydrogen) atoms. The summed E-state index contributed by atoms with van der Waals surface area (Å²) in [5.74, 6) is 2.18. The molecule has 1 heterocycles. The number of hydrogen-bond acceptors (Lipinski definition) is 7. The molecular formula is C28H43N3O3S2. The van der Waals surface area contributed by atoms with Crippen LogP contribution in [0.4, 0.5) is 5.69 Å². The van der Waals surface area contributed by atoms with Crippen LogP contribution in [0.3, 0.4) is 0 Å². The number of rotatable bonds is 19. The number of aromatic nitrogens is 2. The third-order valence-corrected chi connectivity index (χ3v) is 8.31. The minimum absolute atomic E-state index is 0.00808. The maximum atomic E-state index is 13.5. The molecule has 8 heteroatoms. The van der Waals surface area contributed by atoms with Gasteiger partial charge in [0.15, 0.2) is 0 Å². The molecule has 200 valence electrons. The van der Waals surface area contributed by atoms with E-state index < -0.39 is 0 Å². The lowest BCUT2D eigenvalue weighted by atomic mass is 10.1. The molecule has 1 aromatic heterocycles. The number of ether oxygens (including phenoxy) is 2. The smallest absolute Gasteiger partial charge is 0.241 e. The number of methoxy groups -OCH3 is 2. The lowest BCUT2D eigenvalue weighted by molar-refractivity contribution is -0.115. The van der Waals surface area contributed by atoms with Gasteiger partial charge in [-0.2, -0.15) is 4.98 Å². The lowest BCUT2D eigenvalue weighted by Crippen LogP contribution is -2.26. The van der Waals surface area contributed by atoms with Gasteiger partial charge in [-0.1, -0.05) is 83.4 Å². The minimum Gasteiger partial charge on any atom is -0.497 e.